The summed E-state index contributed by atoms with van der Waals surface area (Å²) < 4.78 is 92.8. The fourth-order valence-corrected chi connectivity index (χ4v) is 4.82. The highest BCUT2D eigenvalue weighted by Crippen LogP contribution is 2.51. The predicted octanol–water partition coefficient (Wildman–Crippen LogP) is 5.89. The molecular weight excluding hydrogens is 452 g/mol. The Morgan fingerprint density at radius 3 is 2.39 bits per heavy atom. The zero-order valence-electron chi connectivity index (χ0n) is 17.5. The van der Waals surface area contributed by atoms with Gasteiger partial charge in [-0.1, -0.05) is 36.4 Å². The molecule has 2 aromatic rings. The molecule has 2 aliphatic heterocycles. The minimum atomic E-state index is -5.01. The molecule has 4 nitrogen and oxygen atoms in total. The molecule has 1 N–H and O–H groups in total. The number of piperidine rings is 1. The van der Waals surface area contributed by atoms with E-state index in [0.717, 1.165) is 24.6 Å². The summed E-state index contributed by atoms with van der Waals surface area (Å²) in [6, 6.07) is 12.8. The van der Waals surface area contributed by atoms with Crippen LogP contribution in [0.25, 0.3) is 0 Å². The second-order valence-electron chi connectivity index (χ2n) is 8.30. The molecule has 2 saturated heterocycles. The third kappa shape index (κ3) is 5.55. The van der Waals surface area contributed by atoms with Gasteiger partial charge < -0.3 is 19.5 Å². The van der Waals surface area contributed by atoms with Crippen molar-refractivity contribution in [3.63, 3.8) is 0 Å². The molecule has 0 unspecified atom stereocenters. The van der Waals surface area contributed by atoms with Crippen LogP contribution < -0.4 is 14.8 Å². The van der Waals surface area contributed by atoms with Crippen LogP contribution in [0, 0.1) is 0 Å². The largest absolute Gasteiger partial charge is 0.573 e. The maximum Gasteiger partial charge on any atom is 0.573 e. The first-order chi connectivity index (χ1) is 15.6. The van der Waals surface area contributed by atoms with Crippen LogP contribution in [-0.2, 0) is 4.74 Å². The van der Waals surface area contributed by atoms with Crippen molar-refractivity contribution in [2.75, 3.05) is 19.8 Å². The predicted molar refractivity (Wildman–Crippen MR) is 107 cm³/mol. The highest BCUT2D eigenvalue weighted by atomic mass is 19.4. The third-order valence-electron chi connectivity index (χ3n) is 6.00. The average molecular weight is 475 g/mol. The summed E-state index contributed by atoms with van der Waals surface area (Å²) in [6.07, 6.45) is -7.88. The van der Waals surface area contributed by atoms with E-state index in [1.807, 2.05) is 30.3 Å². The Hall–Kier alpha value is -2.46. The first-order valence-electron chi connectivity index (χ1n) is 10.6. The zero-order valence-corrected chi connectivity index (χ0v) is 17.5. The van der Waals surface area contributed by atoms with Gasteiger partial charge >= 0.3 is 12.5 Å². The minimum Gasteiger partial charge on any atom is -0.484 e. The Kier molecular flexibility index (Phi) is 6.50. The van der Waals surface area contributed by atoms with Gasteiger partial charge in [0.1, 0.15) is 11.5 Å². The molecule has 1 spiro atoms. The Labute approximate surface area is 186 Å². The van der Waals surface area contributed by atoms with Gasteiger partial charge in [0.25, 0.3) is 0 Å². The van der Waals surface area contributed by atoms with Gasteiger partial charge in [-0.15, -0.1) is 13.2 Å². The maximum absolute atomic E-state index is 13.1. The van der Waals surface area contributed by atoms with Crippen molar-refractivity contribution in [1.29, 1.82) is 0 Å². The van der Waals surface area contributed by atoms with Gasteiger partial charge in [0.2, 0.25) is 0 Å². The lowest BCUT2D eigenvalue weighted by atomic mass is 9.76. The number of hydrogen-bond acceptors (Lipinski definition) is 4. The number of halogens is 6. The number of alkyl halides is 6. The smallest absolute Gasteiger partial charge is 0.484 e. The first-order valence-corrected chi connectivity index (χ1v) is 10.6. The second-order valence-corrected chi connectivity index (χ2v) is 8.30. The van der Waals surface area contributed by atoms with E-state index >= 15 is 0 Å². The molecule has 0 bridgehead atoms. The summed E-state index contributed by atoms with van der Waals surface area (Å²) in [5, 5.41) is 3.44. The molecule has 2 fully saturated rings. The van der Waals surface area contributed by atoms with Gasteiger partial charge in [-0.2, -0.15) is 13.2 Å². The van der Waals surface area contributed by atoms with Crippen LogP contribution >= 0.6 is 0 Å². The Morgan fingerprint density at radius 2 is 1.70 bits per heavy atom. The van der Waals surface area contributed by atoms with Crippen molar-refractivity contribution in [2.24, 2.45) is 0 Å². The molecule has 2 heterocycles. The Balaban J connectivity index is 1.68. The quantitative estimate of drug-likeness (QED) is 0.548. The monoisotopic (exact) mass is 475 g/mol. The van der Waals surface area contributed by atoms with E-state index < -0.39 is 36.4 Å². The molecule has 4 rings (SSSR count). The normalized spacial score (nSPS) is 25.9. The van der Waals surface area contributed by atoms with E-state index in [9.17, 15) is 26.3 Å². The molecule has 0 saturated carbocycles. The van der Waals surface area contributed by atoms with Gasteiger partial charge in [-0.05, 0) is 43.5 Å². The van der Waals surface area contributed by atoms with Crippen molar-refractivity contribution >= 4 is 0 Å². The summed E-state index contributed by atoms with van der Waals surface area (Å²) in [7, 11) is 0. The molecule has 2 aliphatic rings. The molecule has 0 aliphatic carbocycles. The summed E-state index contributed by atoms with van der Waals surface area (Å²) in [5.74, 6) is -1.51. The van der Waals surface area contributed by atoms with Crippen LogP contribution in [0.5, 0.6) is 11.5 Å². The highest BCUT2D eigenvalue weighted by molar-refractivity contribution is 5.48. The lowest BCUT2D eigenvalue weighted by Crippen LogP contribution is -2.48. The molecule has 2 aromatic carbocycles. The number of nitrogens with one attached hydrogen (secondary N) is 1. The summed E-state index contributed by atoms with van der Waals surface area (Å²) in [6.45, 7) is -0.836. The van der Waals surface area contributed by atoms with Gasteiger partial charge in [0.05, 0.1) is 18.2 Å². The van der Waals surface area contributed by atoms with Gasteiger partial charge in [-0.25, -0.2) is 0 Å². The summed E-state index contributed by atoms with van der Waals surface area (Å²) >= 11 is 0. The minimum absolute atomic E-state index is 0.0334. The Bertz CT molecular complexity index is 949. The Morgan fingerprint density at radius 1 is 0.970 bits per heavy atom. The van der Waals surface area contributed by atoms with E-state index in [0.29, 0.717) is 12.8 Å². The van der Waals surface area contributed by atoms with Gasteiger partial charge in [0, 0.05) is 11.5 Å². The maximum atomic E-state index is 13.1. The standard InChI is InChI=1S/C23H23F6NO3/c24-22(25,26)14-31-17-8-4-9-18(33-23(27,28)29)19(17)16-12-21(32-13-16)10-5-11-30-20(21)15-6-2-1-3-7-15/h1-4,6-9,16,20,30H,5,10-14H2/t16-,20+,21-/m1/s1. The summed E-state index contributed by atoms with van der Waals surface area (Å²) in [4.78, 5) is 0. The van der Waals surface area contributed by atoms with Crippen LogP contribution in [0.3, 0.4) is 0 Å². The lowest BCUT2D eigenvalue weighted by molar-refractivity contribution is -0.275. The zero-order chi connectivity index (χ0) is 23.7. The van der Waals surface area contributed by atoms with E-state index in [2.05, 4.69) is 10.1 Å². The molecule has 0 radical (unpaired) electrons. The molecular formula is C23H23F6NO3. The van der Waals surface area contributed by atoms with Crippen LogP contribution in [0.2, 0.25) is 0 Å². The summed E-state index contributed by atoms with van der Waals surface area (Å²) in [5.41, 5.74) is 0.205. The molecule has 0 amide bonds. The van der Waals surface area contributed by atoms with Crippen LogP contribution in [0.4, 0.5) is 26.3 Å². The number of hydrogen-bond donors (Lipinski definition) is 1. The van der Waals surface area contributed by atoms with Crippen molar-refractivity contribution in [2.45, 2.75) is 49.4 Å². The number of rotatable bonds is 5. The van der Waals surface area contributed by atoms with Crippen LogP contribution in [-0.4, -0.2) is 37.9 Å². The van der Waals surface area contributed by atoms with E-state index in [-0.39, 0.29) is 24.0 Å². The van der Waals surface area contributed by atoms with Gasteiger partial charge in [-0.3, -0.25) is 0 Å². The number of ether oxygens (including phenoxy) is 3. The van der Waals surface area contributed by atoms with Crippen molar-refractivity contribution in [3.05, 3.63) is 59.7 Å². The van der Waals surface area contributed by atoms with Gasteiger partial charge in [0.15, 0.2) is 6.61 Å². The van der Waals surface area contributed by atoms with Crippen LogP contribution in [0.15, 0.2) is 48.5 Å². The molecule has 10 heteroatoms. The SMILES string of the molecule is FC(F)(F)COc1cccc(OC(F)(F)F)c1[C@H]1CO[C@]2(CCCN[C@H]2c2ccccc2)C1. The second kappa shape index (κ2) is 9.06. The fraction of sp³-hybridized carbons (Fsp3) is 0.478. The first kappa shape index (κ1) is 23.7. The van der Waals surface area contributed by atoms with Crippen molar-refractivity contribution < 1.29 is 40.6 Å². The van der Waals surface area contributed by atoms with E-state index in [1.54, 1.807) is 0 Å². The fourth-order valence-electron chi connectivity index (χ4n) is 4.82. The third-order valence-corrected chi connectivity index (χ3v) is 6.00. The lowest BCUT2D eigenvalue weighted by Gasteiger charge is -2.41. The number of benzene rings is 2. The van der Waals surface area contributed by atoms with Crippen molar-refractivity contribution in [3.8, 4) is 11.5 Å². The van der Waals surface area contributed by atoms with E-state index in [4.69, 9.17) is 9.47 Å². The van der Waals surface area contributed by atoms with Crippen molar-refractivity contribution in [1.82, 2.24) is 5.32 Å². The molecule has 180 valence electrons. The average Bonchev–Trinajstić information content (AvgIpc) is 3.15. The van der Waals surface area contributed by atoms with Crippen LogP contribution in [0.1, 0.15) is 42.3 Å². The molecule has 0 aromatic heterocycles. The highest BCUT2D eigenvalue weighted by Gasteiger charge is 2.50. The van der Waals surface area contributed by atoms with E-state index in [1.165, 1.54) is 12.1 Å². The molecule has 33 heavy (non-hydrogen) atoms. The topological polar surface area (TPSA) is 39.7 Å². The molecule has 3 atom stereocenters.